The average Bonchev–Trinajstić information content (AvgIpc) is 2.70. The molecule has 1 atom stereocenters. The van der Waals surface area contributed by atoms with Gasteiger partial charge in [-0.2, -0.15) is 0 Å². The van der Waals surface area contributed by atoms with Crippen molar-refractivity contribution in [2.75, 3.05) is 32.0 Å². The molecular formula is C15H23ClFN3O. The number of rotatable bonds is 4. The number of nitrogens with zero attached hydrogens (tertiary/aromatic N) is 1. The minimum Gasteiger partial charge on any atom is -0.322 e. The number of benzene rings is 1. The van der Waals surface area contributed by atoms with Gasteiger partial charge >= 0.3 is 0 Å². The number of likely N-dealkylation sites (N-methyl/N-ethyl adjacent to an activating group) is 1. The number of carbonyl (C=O) groups is 1. The van der Waals surface area contributed by atoms with Crippen LogP contribution in [0.5, 0.6) is 0 Å². The predicted molar refractivity (Wildman–Crippen MR) is 85.4 cm³/mol. The molecule has 118 valence electrons. The van der Waals surface area contributed by atoms with E-state index in [1.165, 1.54) is 6.07 Å². The number of hydrogen-bond acceptors (Lipinski definition) is 3. The van der Waals surface area contributed by atoms with Crippen molar-refractivity contribution >= 4 is 24.0 Å². The topological polar surface area (TPSA) is 44.4 Å². The first-order valence-electron chi connectivity index (χ1n) is 7.12. The van der Waals surface area contributed by atoms with Gasteiger partial charge in [0.25, 0.3) is 0 Å². The zero-order chi connectivity index (χ0) is 14.4. The molecule has 1 aliphatic heterocycles. The van der Waals surface area contributed by atoms with Crippen LogP contribution in [0.4, 0.5) is 10.1 Å². The van der Waals surface area contributed by atoms with Gasteiger partial charge in [0.1, 0.15) is 5.82 Å². The molecule has 0 aliphatic carbocycles. The molecule has 1 heterocycles. The highest BCUT2D eigenvalue weighted by molar-refractivity contribution is 5.92. The molecule has 1 aromatic rings. The molecular weight excluding hydrogens is 293 g/mol. The van der Waals surface area contributed by atoms with E-state index in [1.807, 2.05) is 7.05 Å². The molecule has 1 amide bonds. The second-order valence-electron chi connectivity index (χ2n) is 5.28. The highest BCUT2D eigenvalue weighted by atomic mass is 35.5. The summed E-state index contributed by atoms with van der Waals surface area (Å²) in [6.45, 7) is 2.33. The van der Waals surface area contributed by atoms with Crippen LogP contribution in [0.1, 0.15) is 19.3 Å². The fourth-order valence-electron chi connectivity index (χ4n) is 2.55. The van der Waals surface area contributed by atoms with Crippen LogP contribution >= 0.6 is 12.4 Å². The third-order valence-electron chi connectivity index (χ3n) is 3.71. The zero-order valence-electron chi connectivity index (χ0n) is 12.3. The van der Waals surface area contributed by atoms with Crippen LogP contribution in [0.25, 0.3) is 0 Å². The minimum absolute atomic E-state index is 0. The van der Waals surface area contributed by atoms with Gasteiger partial charge in [-0.1, -0.05) is 12.1 Å². The third kappa shape index (κ3) is 5.61. The zero-order valence-corrected chi connectivity index (χ0v) is 13.1. The van der Waals surface area contributed by atoms with Crippen molar-refractivity contribution in [1.29, 1.82) is 0 Å². The lowest BCUT2D eigenvalue weighted by Gasteiger charge is -2.26. The van der Waals surface area contributed by atoms with E-state index in [0.717, 1.165) is 32.4 Å². The molecule has 1 aliphatic rings. The Morgan fingerprint density at radius 1 is 1.38 bits per heavy atom. The van der Waals surface area contributed by atoms with Gasteiger partial charge in [0.15, 0.2) is 0 Å². The number of nitrogens with one attached hydrogen (secondary N) is 2. The summed E-state index contributed by atoms with van der Waals surface area (Å²) in [5.41, 5.74) is 0.244. The Kier molecular flexibility index (Phi) is 7.64. The van der Waals surface area contributed by atoms with Gasteiger partial charge in [0.05, 0.1) is 12.2 Å². The van der Waals surface area contributed by atoms with Gasteiger partial charge in [0.2, 0.25) is 5.91 Å². The number of anilines is 1. The van der Waals surface area contributed by atoms with Crippen LogP contribution in [-0.2, 0) is 4.79 Å². The number of para-hydroxylation sites is 1. The second kappa shape index (κ2) is 8.97. The number of hydrogen-bond donors (Lipinski definition) is 2. The lowest BCUT2D eigenvalue weighted by molar-refractivity contribution is -0.117. The van der Waals surface area contributed by atoms with Crippen LogP contribution in [0, 0.1) is 5.82 Å². The summed E-state index contributed by atoms with van der Waals surface area (Å²) in [5, 5.41) is 5.98. The fraction of sp³-hybridized carbons (Fsp3) is 0.533. The molecule has 2 N–H and O–H groups in total. The Morgan fingerprint density at radius 2 is 2.14 bits per heavy atom. The maximum atomic E-state index is 13.5. The second-order valence-corrected chi connectivity index (χ2v) is 5.28. The summed E-state index contributed by atoms with van der Waals surface area (Å²) in [4.78, 5) is 14.0. The van der Waals surface area contributed by atoms with Crippen LogP contribution < -0.4 is 10.6 Å². The maximum absolute atomic E-state index is 13.5. The summed E-state index contributed by atoms with van der Waals surface area (Å²) >= 11 is 0. The summed E-state index contributed by atoms with van der Waals surface area (Å²) < 4.78 is 13.5. The van der Waals surface area contributed by atoms with Crippen molar-refractivity contribution in [2.45, 2.75) is 25.3 Å². The van der Waals surface area contributed by atoms with Gasteiger partial charge in [-0.15, -0.1) is 12.4 Å². The Labute approximate surface area is 131 Å². The molecule has 0 bridgehead atoms. The predicted octanol–water partition coefficient (Wildman–Crippen LogP) is 2.26. The van der Waals surface area contributed by atoms with Crippen LogP contribution in [0.2, 0.25) is 0 Å². The SMILES string of the molecule is CN(CC(=O)Nc1ccccc1F)C1CCCNCC1.Cl. The molecule has 21 heavy (non-hydrogen) atoms. The van der Waals surface area contributed by atoms with Crippen molar-refractivity contribution in [1.82, 2.24) is 10.2 Å². The first-order valence-corrected chi connectivity index (χ1v) is 7.12. The largest absolute Gasteiger partial charge is 0.322 e. The van der Waals surface area contributed by atoms with E-state index < -0.39 is 5.82 Å². The van der Waals surface area contributed by atoms with E-state index in [1.54, 1.807) is 18.2 Å². The third-order valence-corrected chi connectivity index (χ3v) is 3.71. The molecule has 0 aromatic heterocycles. The fourth-order valence-corrected chi connectivity index (χ4v) is 2.55. The molecule has 4 nitrogen and oxygen atoms in total. The Balaban J connectivity index is 0.00000220. The molecule has 1 fully saturated rings. The normalized spacial score (nSPS) is 18.7. The van der Waals surface area contributed by atoms with E-state index in [4.69, 9.17) is 0 Å². The molecule has 2 rings (SSSR count). The molecule has 0 spiro atoms. The quantitative estimate of drug-likeness (QED) is 0.896. The molecule has 1 saturated heterocycles. The van der Waals surface area contributed by atoms with Crippen LogP contribution in [0.15, 0.2) is 24.3 Å². The molecule has 6 heteroatoms. The molecule has 1 aromatic carbocycles. The highest BCUT2D eigenvalue weighted by Gasteiger charge is 2.19. The lowest BCUT2D eigenvalue weighted by Crippen LogP contribution is -2.38. The maximum Gasteiger partial charge on any atom is 0.238 e. The van der Waals surface area contributed by atoms with Crippen molar-refractivity contribution < 1.29 is 9.18 Å². The first kappa shape index (κ1) is 17.9. The highest BCUT2D eigenvalue weighted by Crippen LogP contribution is 2.14. The summed E-state index contributed by atoms with van der Waals surface area (Å²) in [6.07, 6.45) is 3.27. The van der Waals surface area contributed by atoms with E-state index in [2.05, 4.69) is 15.5 Å². The van der Waals surface area contributed by atoms with E-state index in [9.17, 15) is 9.18 Å². The molecule has 1 unspecified atom stereocenters. The van der Waals surface area contributed by atoms with Gasteiger partial charge < -0.3 is 10.6 Å². The van der Waals surface area contributed by atoms with Gasteiger partial charge in [0, 0.05) is 6.04 Å². The van der Waals surface area contributed by atoms with Crippen molar-refractivity contribution in [2.24, 2.45) is 0 Å². The van der Waals surface area contributed by atoms with Gasteiger partial charge in [-0.05, 0) is 51.5 Å². The summed E-state index contributed by atoms with van der Waals surface area (Å²) in [5.74, 6) is -0.572. The van der Waals surface area contributed by atoms with E-state index in [0.29, 0.717) is 12.6 Å². The van der Waals surface area contributed by atoms with Crippen molar-refractivity contribution in [3.8, 4) is 0 Å². The monoisotopic (exact) mass is 315 g/mol. The van der Waals surface area contributed by atoms with Crippen molar-refractivity contribution in [3.05, 3.63) is 30.1 Å². The Hall–Kier alpha value is -1.17. The minimum atomic E-state index is -0.401. The number of amides is 1. The Bertz CT molecular complexity index is 450. The Morgan fingerprint density at radius 3 is 2.90 bits per heavy atom. The summed E-state index contributed by atoms with van der Waals surface area (Å²) in [7, 11) is 1.96. The smallest absolute Gasteiger partial charge is 0.238 e. The summed E-state index contributed by atoms with van der Waals surface area (Å²) in [6, 6.07) is 6.64. The lowest BCUT2D eigenvalue weighted by atomic mass is 10.1. The van der Waals surface area contributed by atoms with Gasteiger partial charge in [-0.3, -0.25) is 9.69 Å². The van der Waals surface area contributed by atoms with Crippen LogP contribution in [-0.4, -0.2) is 43.5 Å². The van der Waals surface area contributed by atoms with E-state index >= 15 is 0 Å². The number of halogens is 2. The number of carbonyl (C=O) groups excluding carboxylic acids is 1. The average molecular weight is 316 g/mol. The standard InChI is InChI=1S/C15H22FN3O.ClH/c1-19(12-5-4-9-17-10-8-12)11-15(20)18-14-7-3-2-6-13(14)16;/h2-3,6-7,12,17H,4-5,8-11H2,1H3,(H,18,20);1H. The van der Waals surface area contributed by atoms with Gasteiger partial charge in [-0.25, -0.2) is 4.39 Å². The van der Waals surface area contributed by atoms with Crippen molar-refractivity contribution in [3.63, 3.8) is 0 Å². The van der Waals surface area contributed by atoms with Crippen LogP contribution in [0.3, 0.4) is 0 Å². The van der Waals surface area contributed by atoms with E-state index in [-0.39, 0.29) is 24.0 Å². The first-order chi connectivity index (χ1) is 9.66. The molecule has 0 saturated carbocycles. The molecule has 0 radical (unpaired) electrons.